The largest absolute Gasteiger partial charge is 0.484 e. The van der Waals surface area contributed by atoms with Gasteiger partial charge in [-0.1, -0.05) is 44.2 Å². The highest BCUT2D eigenvalue weighted by Gasteiger charge is 2.25. The van der Waals surface area contributed by atoms with Crippen LogP contribution in [0, 0.1) is 5.92 Å². The quantitative estimate of drug-likeness (QED) is 0.862. The monoisotopic (exact) mass is 301 g/mol. The minimum atomic E-state index is -0.918. The zero-order chi connectivity index (χ0) is 16.2. The van der Waals surface area contributed by atoms with E-state index >= 15 is 0 Å². The molecule has 2 aromatic carbocycles. The first-order valence-electron chi connectivity index (χ1n) is 7.49. The topological polar surface area (TPSA) is 58.6 Å². The third kappa shape index (κ3) is 4.21. The summed E-state index contributed by atoms with van der Waals surface area (Å²) in [5.41, 5.74) is -0.918. The van der Waals surface area contributed by atoms with E-state index in [-0.39, 0.29) is 25.0 Å². The fourth-order valence-corrected chi connectivity index (χ4v) is 1.94. The van der Waals surface area contributed by atoms with E-state index in [4.69, 9.17) is 4.74 Å². The first-order chi connectivity index (χ1) is 10.4. The van der Waals surface area contributed by atoms with Crippen molar-refractivity contribution in [1.82, 2.24) is 5.32 Å². The van der Waals surface area contributed by atoms with Crippen LogP contribution in [0.25, 0.3) is 10.8 Å². The van der Waals surface area contributed by atoms with Crippen molar-refractivity contribution in [3.05, 3.63) is 42.5 Å². The van der Waals surface area contributed by atoms with Crippen molar-refractivity contribution in [3.63, 3.8) is 0 Å². The molecule has 0 radical (unpaired) electrons. The fourth-order valence-electron chi connectivity index (χ4n) is 1.94. The summed E-state index contributed by atoms with van der Waals surface area (Å²) >= 11 is 0. The predicted octanol–water partition coefficient (Wildman–Crippen LogP) is 2.74. The summed E-state index contributed by atoms with van der Waals surface area (Å²) in [7, 11) is 0. The summed E-state index contributed by atoms with van der Waals surface area (Å²) in [6.07, 6.45) is 0. The lowest BCUT2D eigenvalue weighted by molar-refractivity contribution is -0.124. The highest BCUT2D eigenvalue weighted by molar-refractivity contribution is 5.84. The molecule has 0 saturated heterocycles. The molecule has 22 heavy (non-hydrogen) atoms. The summed E-state index contributed by atoms with van der Waals surface area (Å²) in [4.78, 5) is 11.8. The lowest BCUT2D eigenvalue weighted by Crippen LogP contribution is -2.45. The normalized spacial score (nSPS) is 13.9. The van der Waals surface area contributed by atoms with Gasteiger partial charge in [-0.05, 0) is 35.7 Å². The van der Waals surface area contributed by atoms with E-state index < -0.39 is 5.60 Å². The summed E-state index contributed by atoms with van der Waals surface area (Å²) in [5, 5.41) is 15.0. The molecule has 2 rings (SSSR count). The van der Waals surface area contributed by atoms with Gasteiger partial charge >= 0.3 is 0 Å². The van der Waals surface area contributed by atoms with Crippen LogP contribution in [-0.2, 0) is 4.79 Å². The molecule has 0 heterocycles. The first kappa shape index (κ1) is 16.3. The fraction of sp³-hybridized carbons (Fsp3) is 0.389. The van der Waals surface area contributed by atoms with Gasteiger partial charge in [0.25, 0.3) is 5.91 Å². The van der Waals surface area contributed by atoms with E-state index in [1.165, 1.54) is 0 Å². The maximum Gasteiger partial charge on any atom is 0.258 e. The molecule has 0 aromatic heterocycles. The average Bonchev–Trinajstić information content (AvgIpc) is 2.50. The Hall–Kier alpha value is -2.07. The molecule has 0 bridgehead atoms. The van der Waals surface area contributed by atoms with Gasteiger partial charge in [0.05, 0.1) is 5.60 Å². The predicted molar refractivity (Wildman–Crippen MR) is 87.9 cm³/mol. The second kappa shape index (κ2) is 6.79. The standard InChI is InChI=1S/C18H23NO3/c1-13(2)18(3,21)12-19-17(20)11-22-16-9-8-14-6-4-5-7-15(14)10-16/h4-10,13,21H,11-12H2,1-3H3,(H,19,20). The maximum absolute atomic E-state index is 11.8. The van der Waals surface area contributed by atoms with Gasteiger partial charge in [-0.25, -0.2) is 0 Å². The van der Waals surface area contributed by atoms with Crippen molar-refractivity contribution in [3.8, 4) is 5.75 Å². The third-order valence-corrected chi connectivity index (χ3v) is 3.98. The SMILES string of the molecule is CC(C)C(C)(O)CNC(=O)COc1ccc2ccccc2c1. The molecule has 4 heteroatoms. The van der Waals surface area contributed by atoms with E-state index in [2.05, 4.69) is 5.32 Å². The number of carbonyl (C=O) groups excluding carboxylic acids is 1. The number of hydrogen-bond donors (Lipinski definition) is 2. The Morgan fingerprint density at radius 1 is 1.23 bits per heavy atom. The Bertz CT molecular complexity index is 650. The average molecular weight is 301 g/mol. The van der Waals surface area contributed by atoms with Crippen LogP contribution in [0.1, 0.15) is 20.8 Å². The number of amides is 1. The number of benzene rings is 2. The minimum Gasteiger partial charge on any atom is -0.484 e. The number of nitrogens with one attached hydrogen (secondary N) is 1. The lowest BCUT2D eigenvalue weighted by Gasteiger charge is -2.27. The maximum atomic E-state index is 11.8. The van der Waals surface area contributed by atoms with E-state index in [9.17, 15) is 9.90 Å². The second-order valence-corrected chi connectivity index (χ2v) is 6.09. The molecule has 1 amide bonds. The van der Waals surface area contributed by atoms with E-state index in [1.54, 1.807) is 6.92 Å². The minimum absolute atomic E-state index is 0.0630. The lowest BCUT2D eigenvalue weighted by atomic mass is 9.93. The number of rotatable bonds is 6. The zero-order valence-electron chi connectivity index (χ0n) is 13.3. The van der Waals surface area contributed by atoms with Crippen LogP contribution in [0.5, 0.6) is 5.75 Å². The molecular formula is C18H23NO3. The number of carbonyl (C=O) groups is 1. The Morgan fingerprint density at radius 3 is 2.59 bits per heavy atom. The van der Waals surface area contributed by atoms with Gasteiger partial charge in [0.2, 0.25) is 0 Å². The molecule has 2 aromatic rings. The Balaban J connectivity index is 1.87. The molecule has 0 saturated carbocycles. The van der Waals surface area contributed by atoms with Crippen molar-refractivity contribution in [2.45, 2.75) is 26.4 Å². The molecule has 0 aliphatic heterocycles. The van der Waals surface area contributed by atoms with Gasteiger partial charge < -0.3 is 15.2 Å². The van der Waals surface area contributed by atoms with Crippen LogP contribution in [0.3, 0.4) is 0 Å². The van der Waals surface area contributed by atoms with E-state index in [0.717, 1.165) is 10.8 Å². The molecule has 0 fully saturated rings. The molecule has 0 aliphatic carbocycles. The van der Waals surface area contributed by atoms with Crippen LogP contribution in [0.4, 0.5) is 0 Å². The molecule has 118 valence electrons. The van der Waals surface area contributed by atoms with Gasteiger partial charge in [-0.3, -0.25) is 4.79 Å². The van der Waals surface area contributed by atoms with Crippen LogP contribution >= 0.6 is 0 Å². The van der Waals surface area contributed by atoms with Gasteiger partial charge in [0.15, 0.2) is 6.61 Å². The first-order valence-corrected chi connectivity index (χ1v) is 7.49. The number of fused-ring (bicyclic) bond motifs is 1. The van der Waals surface area contributed by atoms with E-state index in [1.807, 2.05) is 56.3 Å². The molecule has 4 nitrogen and oxygen atoms in total. The summed E-state index contributed by atoms with van der Waals surface area (Å²) in [6, 6.07) is 13.7. The van der Waals surface area contributed by atoms with Gasteiger partial charge in [0.1, 0.15) is 5.75 Å². The van der Waals surface area contributed by atoms with Crippen molar-refractivity contribution >= 4 is 16.7 Å². The van der Waals surface area contributed by atoms with E-state index in [0.29, 0.717) is 5.75 Å². The molecule has 2 N–H and O–H groups in total. The van der Waals surface area contributed by atoms with Crippen molar-refractivity contribution in [1.29, 1.82) is 0 Å². The van der Waals surface area contributed by atoms with Crippen LogP contribution in [0.15, 0.2) is 42.5 Å². The molecular weight excluding hydrogens is 278 g/mol. The molecule has 0 aliphatic rings. The van der Waals surface area contributed by atoms with Crippen molar-refractivity contribution in [2.24, 2.45) is 5.92 Å². The molecule has 1 atom stereocenters. The van der Waals surface area contributed by atoms with Gasteiger partial charge in [-0.15, -0.1) is 0 Å². The Labute approximate surface area is 131 Å². The van der Waals surface area contributed by atoms with Crippen molar-refractivity contribution < 1.29 is 14.6 Å². The van der Waals surface area contributed by atoms with Gasteiger partial charge in [-0.2, -0.15) is 0 Å². The second-order valence-electron chi connectivity index (χ2n) is 6.09. The van der Waals surface area contributed by atoms with Crippen LogP contribution in [0.2, 0.25) is 0 Å². The summed E-state index contributed by atoms with van der Waals surface area (Å²) < 4.78 is 5.51. The smallest absolute Gasteiger partial charge is 0.258 e. The summed E-state index contributed by atoms with van der Waals surface area (Å²) in [5.74, 6) is 0.479. The number of aliphatic hydroxyl groups is 1. The zero-order valence-corrected chi connectivity index (χ0v) is 13.3. The Morgan fingerprint density at radius 2 is 1.91 bits per heavy atom. The van der Waals surface area contributed by atoms with Gasteiger partial charge in [0, 0.05) is 6.54 Å². The number of hydrogen-bond acceptors (Lipinski definition) is 3. The molecule has 1 unspecified atom stereocenters. The van der Waals surface area contributed by atoms with Crippen LogP contribution < -0.4 is 10.1 Å². The van der Waals surface area contributed by atoms with Crippen LogP contribution in [-0.4, -0.2) is 29.8 Å². The summed E-state index contributed by atoms with van der Waals surface area (Å²) in [6.45, 7) is 5.69. The highest BCUT2D eigenvalue weighted by Crippen LogP contribution is 2.20. The Kier molecular flexibility index (Phi) is 5.03. The highest BCUT2D eigenvalue weighted by atomic mass is 16.5. The third-order valence-electron chi connectivity index (χ3n) is 3.98. The number of ether oxygens (including phenoxy) is 1. The van der Waals surface area contributed by atoms with Crippen molar-refractivity contribution in [2.75, 3.05) is 13.2 Å². The molecule has 0 spiro atoms.